The van der Waals surface area contributed by atoms with Crippen LogP contribution in [-0.2, 0) is 16.2 Å². The van der Waals surface area contributed by atoms with Crippen molar-refractivity contribution in [2.45, 2.75) is 25.9 Å². The molecular weight excluding hydrogens is 462 g/mol. The molecule has 0 aromatic heterocycles. The summed E-state index contributed by atoms with van der Waals surface area (Å²) in [5.41, 5.74) is 2.00. The van der Waals surface area contributed by atoms with Crippen molar-refractivity contribution in [3.63, 3.8) is 0 Å². The Kier molecular flexibility index (Phi) is 7.38. The van der Waals surface area contributed by atoms with E-state index in [1.54, 1.807) is 18.2 Å². The molecule has 2 fully saturated rings. The second kappa shape index (κ2) is 10.6. The maximum atomic E-state index is 12.7. The monoisotopic (exact) mass is 491 g/mol. The average Bonchev–Trinajstić information content (AvgIpc) is 2.92. The number of benzene rings is 2. The number of nitrogens with zero attached hydrogens (tertiary/aromatic N) is 3. The summed E-state index contributed by atoms with van der Waals surface area (Å²) in [6, 6.07) is 11.7. The molecule has 2 heterocycles. The number of carbonyl (C=O) groups excluding carboxylic acids is 4. The van der Waals surface area contributed by atoms with Crippen LogP contribution in [0.5, 0.6) is 11.5 Å². The van der Waals surface area contributed by atoms with Crippen molar-refractivity contribution in [2.75, 3.05) is 34.3 Å². The number of piperidine rings is 1. The summed E-state index contributed by atoms with van der Waals surface area (Å²) in [6.07, 6.45) is 4.70. The van der Waals surface area contributed by atoms with Gasteiger partial charge < -0.3 is 14.4 Å². The lowest BCUT2D eigenvalue weighted by Crippen LogP contribution is -2.52. The SMILES string of the molecule is COc1cc(C=C2C(=O)N(C)C(=O)N(C)C2=O)ccc1OCc1ccc(C(=O)N2CCCCC2)cc1. The van der Waals surface area contributed by atoms with E-state index in [1.807, 2.05) is 29.2 Å². The second-order valence-corrected chi connectivity index (χ2v) is 8.82. The van der Waals surface area contributed by atoms with Gasteiger partial charge in [-0.1, -0.05) is 18.2 Å². The highest BCUT2D eigenvalue weighted by atomic mass is 16.5. The van der Waals surface area contributed by atoms with Crippen molar-refractivity contribution in [1.82, 2.24) is 14.7 Å². The molecule has 4 rings (SSSR count). The van der Waals surface area contributed by atoms with Crippen molar-refractivity contribution in [2.24, 2.45) is 0 Å². The van der Waals surface area contributed by atoms with Gasteiger partial charge in [-0.05, 0) is 60.7 Å². The summed E-state index contributed by atoms with van der Waals surface area (Å²) in [5, 5.41) is 0. The van der Waals surface area contributed by atoms with Crippen molar-refractivity contribution < 1.29 is 28.7 Å². The van der Waals surface area contributed by atoms with Crippen LogP contribution < -0.4 is 9.47 Å². The number of hydrogen-bond donors (Lipinski definition) is 0. The number of imide groups is 2. The smallest absolute Gasteiger partial charge is 0.333 e. The Morgan fingerprint density at radius 3 is 2.14 bits per heavy atom. The first kappa shape index (κ1) is 25.0. The maximum Gasteiger partial charge on any atom is 0.333 e. The van der Waals surface area contributed by atoms with Gasteiger partial charge in [0.1, 0.15) is 12.2 Å². The molecule has 188 valence electrons. The van der Waals surface area contributed by atoms with E-state index < -0.39 is 17.8 Å². The number of amides is 5. The van der Waals surface area contributed by atoms with Crippen molar-refractivity contribution >= 4 is 29.8 Å². The number of barbiturate groups is 1. The lowest BCUT2D eigenvalue weighted by Gasteiger charge is -2.28. The van der Waals surface area contributed by atoms with Gasteiger partial charge in [-0.15, -0.1) is 0 Å². The Morgan fingerprint density at radius 1 is 0.889 bits per heavy atom. The molecule has 2 saturated heterocycles. The molecule has 2 aliphatic rings. The molecule has 0 radical (unpaired) electrons. The third-order valence-electron chi connectivity index (χ3n) is 6.38. The Bertz CT molecular complexity index is 1190. The fourth-order valence-electron chi connectivity index (χ4n) is 4.22. The van der Waals surface area contributed by atoms with E-state index in [2.05, 4.69) is 0 Å². The minimum absolute atomic E-state index is 0.0604. The molecule has 2 aromatic rings. The zero-order chi connectivity index (χ0) is 25.8. The van der Waals surface area contributed by atoms with Gasteiger partial charge in [-0.2, -0.15) is 0 Å². The molecule has 5 amide bonds. The number of likely N-dealkylation sites (tertiary alicyclic amines) is 1. The first-order valence-corrected chi connectivity index (χ1v) is 11.8. The molecule has 2 aromatic carbocycles. The summed E-state index contributed by atoms with van der Waals surface area (Å²) < 4.78 is 11.4. The van der Waals surface area contributed by atoms with Gasteiger partial charge >= 0.3 is 6.03 Å². The van der Waals surface area contributed by atoms with Crippen LogP contribution in [0, 0.1) is 0 Å². The fourth-order valence-corrected chi connectivity index (χ4v) is 4.22. The van der Waals surface area contributed by atoms with E-state index in [9.17, 15) is 19.2 Å². The van der Waals surface area contributed by atoms with Gasteiger partial charge in [0.15, 0.2) is 11.5 Å². The number of rotatable bonds is 6. The lowest BCUT2D eigenvalue weighted by atomic mass is 10.1. The third-order valence-corrected chi connectivity index (χ3v) is 6.38. The minimum Gasteiger partial charge on any atom is -0.493 e. The van der Waals surface area contributed by atoms with Crippen molar-refractivity contribution in [3.05, 3.63) is 64.7 Å². The van der Waals surface area contributed by atoms with Gasteiger partial charge in [-0.3, -0.25) is 24.2 Å². The predicted octanol–water partition coefficient (Wildman–Crippen LogP) is 3.33. The molecule has 0 spiro atoms. The Hall–Kier alpha value is -4.14. The quantitative estimate of drug-likeness (QED) is 0.454. The first-order chi connectivity index (χ1) is 17.3. The van der Waals surface area contributed by atoms with Crippen molar-refractivity contribution in [1.29, 1.82) is 0 Å². The van der Waals surface area contributed by atoms with Crippen LogP contribution in [0.4, 0.5) is 4.79 Å². The Labute approximate surface area is 209 Å². The number of carbonyl (C=O) groups is 4. The molecule has 9 heteroatoms. The Morgan fingerprint density at radius 2 is 1.53 bits per heavy atom. The highest BCUT2D eigenvalue weighted by Crippen LogP contribution is 2.30. The molecule has 36 heavy (non-hydrogen) atoms. The van der Waals surface area contributed by atoms with E-state index in [4.69, 9.17) is 9.47 Å². The van der Waals surface area contributed by atoms with Gasteiger partial charge in [0.25, 0.3) is 17.7 Å². The second-order valence-electron chi connectivity index (χ2n) is 8.82. The van der Waals surface area contributed by atoms with Gasteiger partial charge in [0.05, 0.1) is 7.11 Å². The largest absolute Gasteiger partial charge is 0.493 e. The van der Waals surface area contributed by atoms with E-state index in [0.717, 1.165) is 41.3 Å². The van der Waals surface area contributed by atoms with Crippen LogP contribution in [0.3, 0.4) is 0 Å². The standard InChI is InChI=1S/C27H29N3O6/c1-28-25(32)21(26(33)29(2)27(28)34)15-19-9-12-22(23(16-19)35-3)36-17-18-7-10-20(11-8-18)24(31)30-13-5-4-6-14-30/h7-12,15-16H,4-6,13-14,17H2,1-3H3. The summed E-state index contributed by atoms with van der Waals surface area (Å²) in [4.78, 5) is 53.2. The van der Waals surface area contributed by atoms with Crippen LogP contribution in [0.15, 0.2) is 48.0 Å². The van der Waals surface area contributed by atoms with Crippen molar-refractivity contribution in [3.8, 4) is 11.5 Å². The maximum absolute atomic E-state index is 12.7. The zero-order valence-electron chi connectivity index (χ0n) is 20.7. The highest BCUT2D eigenvalue weighted by Gasteiger charge is 2.37. The summed E-state index contributed by atoms with van der Waals surface area (Å²) in [6.45, 7) is 1.89. The van der Waals surface area contributed by atoms with E-state index in [0.29, 0.717) is 22.6 Å². The topological polar surface area (TPSA) is 96.5 Å². The number of hydrogen-bond acceptors (Lipinski definition) is 6. The lowest BCUT2D eigenvalue weighted by molar-refractivity contribution is -0.134. The third kappa shape index (κ3) is 5.10. The Balaban J connectivity index is 1.44. The molecule has 0 saturated carbocycles. The predicted molar refractivity (Wildman–Crippen MR) is 132 cm³/mol. The highest BCUT2D eigenvalue weighted by molar-refractivity contribution is 6.30. The van der Waals surface area contributed by atoms with Gasteiger partial charge in [0, 0.05) is 32.7 Å². The average molecular weight is 492 g/mol. The minimum atomic E-state index is -0.674. The molecule has 0 bridgehead atoms. The molecule has 0 atom stereocenters. The summed E-state index contributed by atoms with van der Waals surface area (Å²) in [7, 11) is 4.15. The van der Waals surface area contributed by atoms with Gasteiger partial charge in [0.2, 0.25) is 0 Å². The summed E-state index contributed by atoms with van der Waals surface area (Å²) in [5.74, 6) is -0.354. The molecule has 0 unspecified atom stereocenters. The van der Waals surface area contributed by atoms with E-state index >= 15 is 0 Å². The summed E-state index contributed by atoms with van der Waals surface area (Å²) >= 11 is 0. The molecular formula is C27H29N3O6. The molecule has 9 nitrogen and oxygen atoms in total. The zero-order valence-corrected chi connectivity index (χ0v) is 20.7. The number of ether oxygens (including phenoxy) is 2. The number of methoxy groups -OCH3 is 1. The fraction of sp³-hybridized carbons (Fsp3) is 0.333. The van der Waals surface area contributed by atoms with E-state index in [-0.39, 0.29) is 18.1 Å². The first-order valence-electron chi connectivity index (χ1n) is 11.8. The van der Waals surface area contributed by atoms with Crippen LogP contribution in [-0.4, -0.2) is 72.7 Å². The normalized spacial score (nSPS) is 16.4. The van der Waals surface area contributed by atoms with E-state index in [1.165, 1.54) is 33.7 Å². The number of likely N-dealkylation sites (N-methyl/N-ethyl adjacent to an activating group) is 2. The molecule has 2 aliphatic heterocycles. The number of urea groups is 1. The van der Waals surface area contributed by atoms with Crippen LogP contribution in [0.1, 0.15) is 40.7 Å². The van der Waals surface area contributed by atoms with Crippen LogP contribution >= 0.6 is 0 Å². The molecule has 0 N–H and O–H groups in total. The van der Waals surface area contributed by atoms with Crippen LogP contribution in [0.25, 0.3) is 6.08 Å². The van der Waals surface area contributed by atoms with Crippen LogP contribution in [0.2, 0.25) is 0 Å². The van der Waals surface area contributed by atoms with Gasteiger partial charge in [-0.25, -0.2) is 4.79 Å². The molecule has 0 aliphatic carbocycles.